The van der Waals surface area contributed by atoms with Gasteiger partial charge in [-0.15, -0.1) is 0 Å². The van der Waals surface area contributed by atoms with E-state index in [-0.39, 0.29) is 5.56 Å². The zero-order valence-electron chi connectivity index (χ0n) is 22.8. The lowest BCUT2D eigenvalue weighted by atomic mass is 10.0. The van der Waals surface area contributed by atoms with Crippen LogP contribution in [0.4, 0.5) is 5.69 Å². The third-order valence-corrected chi connectivity index (χ3v) is 9.10. The van der Waals surface area contributed by atoms with E-state index in [1.165, 1.54) is 0 Å². The Labute approximate surface area is 254 Å². The molecule has 10 heteroatoms. The average molecular weight is 621 g/mol. The third kappa shape index (κ3) is 6.51. The van der Waals surface area contributed by atoms with Gasteiger partial charge in [0.1, 0.15) is 5.82 Å². The van der Waals surface area contributed by atoms with Crippen LogP contribution in [0.1, 0.15) is 35.6 Å². The van der Waals surface area contributed by atoms with Crippen molar-refractivity contribution in [2.75, 3.05) is 4.72 Å². The standard InChI is InChI=1S/C32H27Cl2N3O4S/c1-20(2)42(40,41)36-26-12-7-23(8-13-26)22-5-3-21(4-6-22)17-31-35-30(28-16-11-25(33)18-29(28)34)19-37(31)27-14-9-24(10-15-27)32(38)39/h3-16,18-20,36H,17H2,1-2H3,(H,38,39). The van der Waals surface area contributed by atoms with Gasteiger partial charge in [-0.05, 0) is 85.1 Å². The van der Waals surface area contributed by atoms with E-state index in [2.05, 4.69) is 4.72 Å². The summed E-state index contributed by atoms with van der Waals surface area (Å²) in [6.07, 6.45) is 2.38. The fourth-order valence-electron chi connectivity index (χ4n) is 4.37. The van der Waals surface area contributed by atoms with Crippen LogP contribution in [0, 0.1) is 0 Å². The van der Waals surface area contributed by atoms with Crippen LogP contribution in [0.3, 0.4) is 0 Å². The molecule has 1 heterocycles. The predicted molar refractivity (Wildman–Crippen MR) is 168 cm³/mol. The van der Waals surface area contributed by atoms with E-state index in [0.29, 0.717) is 27.8 Å². The molecule has 214 valence electrons. The predicted octanol–water partition coefficient (Wildman–Crippen LogP) is 7.95. The molecule has 5 aromatic rings. The zero-order chi connectivity index (χ0) is 30.0. The van der Waals surface area contributed by atoms with E-state index in [1.807, 2.05) is 53.2 Å². The maximum absolute atomic E-state index is 12.2. The van der Waals surface area contributed by atoms with Gasteiger partial charge in [0.2, 0.25) is 10.0 Å². The highest BCUT2D eigenvalue weighted by atomic mass is 35.5. The van der Waals surface area contributed by atoms with Crippen molar-refractivity contribution in [2.24, 2.45) is 0 Å². The summed E-state index contributed by atoms with van der Waals surface area (Å²) < 4.78 is 28.8. The number of benzene rings is 4. The van der Waals surface area contributed by atoms with E-state index >= 15 is 0 Å². The van der Waals surface area contributed by atoms with Crippen molar-refractivity contribution in [1.29, 1.82) is 0 Å². The summed E-state index contributed by atoms with van der Waals surface area (Å²) in [5, 5.41) is 9.79. The monoisotopic (exact) mass is 619 g/mol. The van der Waals surface area contributed by atoms with E-state index in [1.54, 1.807) is 62.4 Å². The lowest BCUT2D eigenvalue weighted by molar-refractivity contribution is 0.0697. The van der Waals surface area contributed by atoms with Gasteiger partial charge in [0.25, 0.3) is 0 Å². The van der Waals surface area contributed by atoms with E-state index in [0.717, 1.165) is 33.8 Å². The summed E-state index contributed by atoms with van der Waals surface area (Å²) in [6, 6.07) is 27.2. The van der Waals surface area contributed by atoms with E-state index in [4.69, 9.17) is 28.2 Å². The minimum absolute atomic E-state index is 0.197. The molecule has 0 spiro atoms. The van der Waals surface area contributed by atoms with Crippen molar-refractivity contribution in [2.45, 2.75) is 25.5 Å². The first-order valence-electron chi connectivity index (χ1n) is 13.1. The Morgan fingerprint density at radius 2 is 1.52 bits per heavy atom. The number of sulfonamides is 1. The Bertz CT molecular complexity index is 1850. The van der Waals surface area contributed by atoms with Crippen molar-refractivity contribution >= 4 is 44.9 Å². The molecule has 0 bridgehead atoms. The minimum Gasteiger partial charge on any atom is -0.478 e. The molecule has 0 unspecified atom stereocenters. The molecule has 0 atom stereocenters. The number of halogens is 2. The fourth-order valence-corrected chi connectivity index (χ4v) is 5.57. The van der Waals surface area contributed by atoms with Crippen LogP contribution < -0.4 is 4.72 Å². The second-order valence-corrected chi connectivity index (χ2v) is 13.1. The van der Waals surface area contributed by atoms with Crippen LogP contribution in [0.15, 0.2) is 97.2 Å². The summed E-state index contributed by atoms with van der Waals surface area (Å²) in [4.78, 5) is 16.3. The topological polar surface area (TPSA) is 101 Å². The van der Waals surface area contributed by atoms with Crippen molar-refractivity contribution in [3.05, 3.63) is 124 Å². The summed E-state index contributed by atoms with van der Waals surface area (Å²) in [5.41, 5.74) is 5.83. The average Bonchev–Trinajstić information content (AvgIpc) is 3.37. The molecule has 0 fully saturated rings. The molecule has 0 amide bonds. The summed E-state index contributed by atoms with van der Waals surface area (Å²) in [5.74, 6) is -0.249. The molecule has 0 aliphatic heterocycles. The third-order valence-electron chi connectivity index (χ3n) is 6.79. The van der Waals surface area contributed by atoms with Gasteiger partial charge in [-0.3, -0.25) is 4.72 Å². The number of hydrogen-bond donors (Lipinski definition) is 2. The van der Waals surface area contributed by atoms with Crippen LogP contribution in [-0.4, -0.2) is 34.3 Å². The van der Waals surface area contributed by atoms with E-state index in [9.17, 15) is 18.3 Å². The number of nitrogens with one attached hydrogen (secondary N) is 1. The van der Waals surface area contributed by atoms with Gasteiger partial charge in [0, 0.05) is 34.6 Å². The molecule has 7 nitrogen and oxygen atoms in total. The number of aromatic nitrogens is 2. The first kappa shape index (κ1) is 29.4. The SMILES string of the molecule is CC(C)S(=O)(=O)Nc1ccc(-c2ccc(Cc3nc(-c4ccc(Cl)cc4Cl)cn3-c3ccc(C(=O)O)cc3)cc2)cc1. The Balaban J connectivity index is 1.43. The smallest absolute Gasteiger partial charge is 0.335 e. The number of rotatable bonds is 9. The van der Waals surface area contributed by atoms with Gasteiger partial charge in [0.05, 0.1) is 21.5 Å². The number of imidazole rings is 1. The molecular weight excluding hydrogens is 593 g/mol. The highest BCUT2D eigenvalue weighted by molar-refractivity contribution is 7.93. The van der Waals surface area contributed by atoms with Gasteiger partial charge < -0.3 is 9.67 Å². The number of nitrogens with zero attached hydrogens (tertiary/aromatic N) is 2. The Morgan fingerprint density at radius 3 is 2.10 bits per heavy atom. The normalized spacial score (nSPS) is 11.5. The molecular formula is C32H27Cl2N3O4S. The first-order chi connectivity index (χ1) is 20.0. The van der Waals surface area contributed by atoms with Gasteiger partial charge in [-0.1, -0.05) is 59.6 Å². The number of carboxylic acid groups (broad SMARTS) is 1. The molecule has 4 aromatic carbocycles. The molecule has 2 N–H and O–H groups in total. The molecule has 5 rings (SSSR count). The highest BCUT2D eigenvalue weighted by Gasteiger charge is 2.17. The van der Waals surface area contributed by atoms with Crippen molar-refractivity contribution in [3.8, 4) is 28.1 Å². The van der Waals surface area contributed by atoms with Crippen LogP contribution in [0.2, 0.25) is 10.0 Å². The molecule has 0 aliphatic carbocycles. The lowest BCUT2D eigenvalue weighted by Gasteiger charge is -2.11. The molecule has 42 heavy (non-hydrogen) atoms. The number of carboxylic acids is 1. The van der Waals surface area contributed by atoms with Crippen LogP contribution in [0.25, 0.3) is 28.1 Å². The Hall–Kier alpha value is -4.11. The molecule has 0 saturated heterocycles. The number of anilines is 1. The van der Waals surface area contributed by atoms with Gasteiger partial charge in [-0.2, -0.15) is 0 Å². The zero-order valence-corrected chi connectivity index (χ0v) is 25.1. The van der Waals surface area contributed by atoms with Crippen LogP contribution >= 0.6 is 23.2 Å². The largest absolute Gasteiger partial charge is 0.478 e. The maximum atomic E-state index is 12.2. The van der Waals surface area contributed by atoms with E-state index < -0.39 is 21.2 Å². The Kier molecular flexibility index (Phi) is 8.41. The number of hydrogen-bond acceptors (Lipinski definition) is 4. The number of carbonyl (C=O) groups is 1. The fraction of sp³-hybridized carbons (Fsp3) is 0.125. The van der Waals surface area contributed by atoms with Crippen LogP contribution in [0.5, 0.6) is 0 Å². The molecule has 0 radical (unpaired) electrons. The summed E-state index contributed by atoms with van der Waals surface area (Å²) in [7, 11) is -3.41. The molecule has 0 aliphatic rings. The molecule has 0 saturated carbocycles. The summed E-state index contributed by atoms with van der Waals surface area (Å²) in [6.45, 7) is 3.26. The second-order valence-electron chi connectivity index (χ2n) is 10.0. The van der Waals surface area contributed by atoms with Gasteiger partial charge in [0.15, 0.2) is 0 Å². The maximum Gasteiger partial charge on any atom is 0.335 e. The highest BCUT2D eigenvalue weighted by Crippen LogP contribution is 2.31. The number of aromatic carboxylic acids is 1. The van der Waals surface area contributed by atoms with Gasteiger partial charge >= 0.3 is 5.97 Å². The lowest BCUT2D eigenvalue weighted by Crippen LogP contribution is -2.22. The van der Waals surface area contributed by atoms with Crippen molar-refractivity contribution in [1.82, 2.24) is 9.55 Å². The minimum atomic E-state index is -3.41. The quantitative estimate of drug-likeness (QED) is 0.174. The Morgan fingerprint density at radius 1 is 0.905 bits per heavy atom. The second kappa shape index (κ2) is 12.0. The first-order valence-corrected chi connectivity index (χ1v) is 15.4. The van der Waals surface area contributed by atoms with Crippen molar-refractivity contribution < 1.29 is 18.3 Å². The van der Waals surface area contributed by atoms with Gasteiger partial charge in [-0.25, -0.2) is 18.2 Å². The summed E-state index contributed by atoms with van der Waals surface area (Å²) >= 11 is 12.6. The van der Waals surface area contributed by atoms with Crippen molar-refractivity contribution in [3.63, 3.8) is 0 Å². The molecule has 1 aromatic heterocycles. The van der Waals surface area contributed by atoms with Crippen LogP contribution in [-0.2, 0) is 16.4 Å².